The number of benzene rings is 1. The van der Waals surface area contributed by atoms with Crippen LogP contribution in [0.15, 0.2) is 53.6 Å². The molecular formula is C17H21N3O2S. The summed E-state index contributed by atoms with van der Waals surface area (Å²) in [7, 11) is 0.390. The van der Waals surface area contributed by atoms with E-state index in [1.165, 1.54) is 0 Å². The number of nitrogens with zero attached hydrogens (tertiary/aromatic N) is 3. The zero-order valence-electron chi connectivity index (χ0n) is 13.4. The first-order valence-electron chi connectivity index (χ1n) is 7.70. The van der Waals surface area contributed by atoms with Crippen LogP contribution in [0, 0.1) is 0 Å². The quantitative estimate of drug-likeness (QED) is 0.864. The van der Waals surface area contributed by atoms with Gasteiger partial charge in [0.2, 0.25) is 10.0 Å². The molecule has 0 bridgehead atoms. The fourth-order valence-electron chi connectivity index (χ4n) is 2.97. The number of hydrogen-bond donors (Lipinski definition) is 0. The summed E-state index contributed by atoms with van der Waals surface area (Å²) < 4.78 is 27.5. The number of rotatable bonds is 4. The van der Waals surface area contributed by atoms with Crippen LogP contribution < -0.4 is 4.90 Å². The van der Waals surface area contributed by atoms with Crippen molar-refractivity contribution < 1.29 is 8.42 Å². The molecule has 1 fully saturated rings. The van der Waals surface area contributed by atoms with Gasteiger partial charge in [0, 0.05) is 26.8 Å². The molecule has 2 heterocycles. The van der Waals surface area contributed by atoms with Crippen molar-refractivity contribution in [2.75, 3.05) is 25.5 Å². The molecule has 0 saturated carbocycles. The van der Waals surface area contributed by atoms with Gasteiger partial charge in [0.15, 0.2) is 0 Å². The van der Waals surface area contributed by atoms with Crippen LogP contribution in [0.1, 0.15) is 24.4 Å². The Morgan fingerprint density at radius 1 is 1.17 bits per heavy atom. The van der Waals surface area contributed by atoms with Crippen molar-refractivity contribution in [3.05, 3.63) is 54.2 Å². The maximum atomic E-state index is 12.9. The van der Waals surface area contributed by atoms with E-state index in [-0.39, 0.29) is 6.04 Å². The molecule has 3 rings (SSSR count). The van der Waals surface area contributed by atoms with Gasteiger partial charge in [-0.1, -0.05) is 18.2 Å². The van der Waals surface area contributed by atoms with Crippen molar-refractivity contribution in [3.63, 3.8) is 0 Å². The Kier molecular flexibility index (Phi) is 4.37. The summed E-state index contributed by atoms with van der Waals surface area (Å²) in [4.78, 5) is 6.59. The van der Waals surface area contributed by atoms with E-state index in [0.29, 0.717) is 11.4 Å². The van der Waals surface area contributed by atoms with Crippen LogP contribution in [0.5, 0.6) is 0 Å². The van der Waals surface area contributed by atoms with Gasteiger partial charge in [-0.05, 0) is 42.7 Å². The first-order valence-corrected chi connectivity index (χ1v) is 9.14. The third-order valence-corrected chi connectivity index (χ3v) is 6.09. The van der Waals surface area contributed by atoms with Crippen molar-refractivity contribution in [1.82, 2.24) is 9.29 Å². The molecular weight excluding hydrogens is 310 g/mol. The standard InChI is InChI=1S/C17H21N3O2S/c1-19(2)17-13-14(10-11-18-17)16-9-6-12-20(16)23(21,22)15-7-4-3-5-8-15/h3-5,7-8,10-11,13,16H,6,9,12H2,1-2H3/t16-/m1/s1. The zero-order chi connectivity index (χ0) is 16.4. The molecule has 1 aromatic carbocycles. The Balaban J connectivity index is 1.96. The zero-order valence-corrected chi connectivity index (χ0v) is 14.2. The van der Waals surface area contributed by atoms with E-state index in [9.17, 15) is 8.42 Å². The predicted octanol–water partition coefficient (Wildman–Crippen LogP) is 2.67. The summed E-state index contributed by atoms with van der Waals surface area (Å²) in [6.45, 7) is 0.557. The molecule has 1 aliphatic heterocycles. The summed E-state index contributed by atoms with van der Waals surface area (Å²) in [6, 6.07) is 12.4. The third kappa shape index (κ3) is 3.09. The number of hydrogen-bond acceptors (Lipinski definition) is 4. The highest BCUT2D eigenvalue weighted by molar-refractivity contribution is 7.89. The van der Waals surface area contributed by atoms with Crippen molar-refractivity contribution in [2.45, 2.75) is 23.8 Å². The topological polar surface area (TPSA) is 53.5 Å². The Hall–Kier alpha value is -1.92. The van der Waals surface area contributed by atoms with Crippen LogP contribution >= 0.6 is 0 Å². The predicted molar refractivity (Wildman–Crippen MR) is 90.9 cm³/mol. The van der Waals surface area contributed by atoms with Gasteiger partial charge < -0.3 is 4.90 Å². The van der Waals surface area contributed by atoms with Gasteiger partial charge in [0.05, 0.1) is 10.9 Å². The molecule has 1 aromatic heterocycles. The molecule has 0 spiro atoms. The first-order chi connectivity index (χ1) is 11.0. The van der Waals surface area contributed by atoms with Crippen molar-refractivity contribution in [3.8, 4) is 0 Å². The van der Waals surface area contributed by atoms with Gasteiger partial charge in [0.1, 0.15) is 5.82 Å². The lowest BCUT2D eigenvalue weighted by atomic mass is 10.1. The summed E-state index contributed by atoms with van der Waals surface area (Å²) in [6.07, 6.45) is 3.45. The molecule has 0 radical (unpaired) electrons. The Morgan fingerprint density at radius 2 is 1.91 bits per heavy atom. The highest BCUT2D eigenvalue weighted by Crippen LogP contribution is 2.37. The molecule has 122 valence electrons. The number of pyridine rings is 1. The lowest BCUT2D eigenvalue weighted by Gasteiger charge is -2.25. The number of aromatic nitrogens is 1. The molecule has 1 atom stereocenters. The van der Waals surface area contributed by atoms with Crippen molar-refractivity contribution in [2.24, 2.45) is 0 Å². The van der Waals surface area contributed by atoms with Crippen molar-refractivity contribution in [1.29, 1.82) is 0 Å². The summed E-state index contributed by atoms with van der Waals surface area (Å²) in [5, 5.41) is 0. The Morgan fingerprint density at radius 3 is 2.61 bits per heavy atom. The van der Waals surface area contributed by atoms with E-state index < -0.39 is 10.0 Å². The molecule has 1 saturated heterocycles. The minimum absolute atomic E-state index is 0.123. The minimum Gasteiger partial charge on any atom is -0.363 e. The summed E-state index contributed by atoms with van der Waals surface area (Å²) >= 11 is 0. The SMILES string of the molecule is CN(C)c1cc([C@H]2CCCN2S(=O)(=O)c2ccccc2)ccn1. The van der Waals surface area contributed by atoms with Gasteiger partial charge in [-0.2, -0.15) is 4.31 Å². The number of sulfonamides is 1. The average molecular weight is 331 g/mol. The molecule has 5 nitrogen and oxygen atoms in total. The van der Waals surface area contributed by atoms with E-state index in [1.54, 1.807) is 34.8 Å². The number of anilines is 1. The normalized spacial score (nSPS) is 19.0. The van der Waals surface area contributed by atoms with E-state index in [0.717, 1.165) is 24.2 Å². The van der Waals surface area contributed by atoms with E-state index in [2.05, 4.69) is 4.98 Å². The van der Waals surface area contributed by atoms with Gasteiger partial charge in [-0.25, -0.2) is 13.4 Å². The van der Waals surface area contributed by atoms with Gasteiger partial charge in [-0.3, -0.25) is 0 Å². The highest BCUT2D eigenvalue weighted by Gasteiger charge is 2.36. The molecule has 23 heavy (non-hydrogen) atoms. The molecule has 0 aliphatic carbocycles. The third-order valence-electron chi connectivity index (χ3n) is 4.17. The Labute approximate surface area is 137 Å². The second kappa shape index (κ2) is 6.29. The summed E-state index contributed by atoms with van der Waals surface area (Å²) in [5.41, 5.74) is 1.00. The van der Waals surface area contributed by atoms with E-state index in [1.807, 2.05) is 37.2 Å². The van der Waals surface area contributed by atoms with Crippen LogP contribution in [0.25, 0.3) is 0 Å². The molecule has 6 heteroatoms. The molecule has 1 aliphatic rings. The van der Waals surface area contributed by atoms with Crippen molar-refractivity contribution >= 4 is 15.8 Å². The smallest absolute Gasteiger partial charge is 0.243 e. The fraction of sp³-hybridized carbons (Fsp3) is 0.353. The Bertz CT molecular complexity index is 775. The largest absolute Gasteiger partial charge is 0.363 e. The maximum absolute atomic E-state index is 12.9. The first kappa shape index (κ1) is 16.0. The van der Waals surface area contributed by atoms with Crippen LogP contribution in [0.3, 0.4) is 0 Å². The monoisotopic (exact) mass is 331 g/mol. The highest BCUT2D eigenvalue weighted by atomic mass is 32.2. The minimum atomic E-state index is -3.47. The summed E-state index contributed by atoms with van der Waals surface area (Å²) in [5.74, 6) is 0.839. The van der Waals surface area contributed by atoms with E-state index in [4.69, 9.17) is 0 Å². The maximum Gasteiger partial charge on any atom is 0.243 e. The van der Waals surface area contributed by atoms with E-state index >= 15 is 0 Å². The molecule has 0 amide bonds. The van der Waals surface area contributed by atoms with Crippen LogP contribution in [-0.2, 0) is 10.0 Å². The average Bonchev–Trinajstić information content (AvgIpc) is 3.06. The molecule has 2 aromatic rings. The lowest BCUT2D eigenvalue weighted by Crippen LogP contribution is -2.30. The van der Waals surface area contributed by atoms with Gasteiger partial charge >= 0.3 is 0 Å². The molecule has 0 unspecified atom stereocenters. The van der Waals surface area contributed by atoms with Crippen LogP contribution in [0.2, 0.25) is 0 Å². The van der Waals surface area contributed by atoms with Gasteiger partial charge in [0.25, 0.3) is 0 Å². The van der Waals surface area contributed by atoms with Crippen LogP contribution in [-0.4, -0.2) is 38.3 Å². The second-order valence-corrected chi connectivity index (χ2v) is 7.82. The second-order valence-electron chi connectivity index (χ2n) is 5.93. The molecule has 0 N–H and O–H groups in total. The van der Waals surface area contributed by atoms with Gasteiger partial charge in [-0.15, -0.1) is 0 Å². The lowest BCUT2D eigenvalue weighted by molar-refractivity contribution is 0.396. The fourth-order valence-corrected chi connectivity index (χ4v) is 4.68. The van der Waals surface area contributed by atoms with Crippen LogP contribution in [0.4, 0.5) is 5.82 Å².